The molecule has 2 aliphatic heterocycles. The molecule has 0 saturated carbocycles. The van der Waals surface area contributed by atoms with Crippen LogP contribution in [0.15, 0.2) is 12.1 Å². The lowest BCUT2D eigenvalue weighted by molar-refractivity contribution is 0.0491. The van der Waals surface area contributed by atoms with Gasteiger partial charge in [-0.25, -0.2) is 13.2 Å². The van der Waals surface area contributed by atoms with Gasteiger partial charge in [0.1, 0.15) is 0 Å². The fraction of sp³-hybridized carbons (Fsp3) is 0.562. The van der Waals surface area contributed by atoms with Gasteiger partial charge in [-0.3, -0.25) is 4.79 Å². The smallest absolute Gasteiger partial charge is 0.256 e. The van der Waals surface area contributed by atoms with E-state index in [1.54, 1.807) is 4.90 Å². The Hall–Kier alpha value is -1.56. The number of nitrogens with zero attached hydrogens (tertiary/aromatic N) is 1. The molecule has 1 spiro atoms. The van der Waals surface area contributed by atoms with Crippen molar-refractivity contribution < 1.29 is 18.0 Å². The Labute approximate surface area is 127 Å². The first-order valence-electron chi connectivity index (χ1n) is 7.66. The second-order valence-electron chi connectivity index (χ2n) is 6.27. The third-order valence-corrected chi connectivity index (χ3v) is 5.04. The number of benzene rings is 1. The van der Waals surface area contributed by atoms with Crippen molar-refractivity contribution in [3.05, 3.63) is 35.1 Å². The van der Waals surface area contributed by atoms with Crippen molar-refractivity contribution in [2.75, 3.05) is 26.2 Å². The summed E-state index contributed by atoms with van der Waals surface area (Å²) >= 11 is 0. The molecular formula is C16H19F3N2O. The maximum absolute atomic E-state index is 13.7. The van der Waals surface area contributed by atoms with Crippen LogP contribution in [0, 0.1) is 22.9 Å². The van der Waals surface area contributed by atoms with Crippen LogP contribution in [0.3, 0.4) is 0 Å². The van der Waals surface area contributed by atoms with Crippen molar-refractivity contribution in [2.45, 2.75) is 25.7 Å². The molecule has 2 fully saturated rings. The van der Waals surface area contributed by atoms with Crippen LogP contribution in [0.25, 0.3) is 0 Å². The third kappa shape index (κ3) is 2.72. The Balaban J connectivity index is 1.71. The lowest BCUT2D eigenvalue weighted by atomic mass is 9.71. The Morgan fingerprint density at radius 3 is 2.27 bits per heavy atom. The lowest BCUT2D eigenvalue weighted by Gasteiger charge is -2.44. The molecule has 6 heteroatoms. The zero-order valence-corrected chi connectivity index (χ0v) is 12.3. The van der Waals surface area contributed by atoms with Crippen LogP contribution in [-0.4, -0.2) is 37.0 Å². The van der Waals surface area contributed by atoms with Gasteiger partial charge in [0.25, 0.3) is 5.91 Å². The van der Waals surface area contributed by atoms with Crippen LogP contribution in [0.1, 0.15) is 36.0 Å². The molecule has 0 unspecified atom stereocenters. The van der Waals surface area contributed by atoms with Crippen molar-refractivity contribution in [3.63, 3.8) is 0 Å². The van der Waals surface area contributed by atoms with Crippen molar-refractivity contribution in [1.29, 1.82) is 0 Å². The van der Waals surface area contributed by atoms with Gasteiger partial charge in [0.05, 0.1) is 5.56 Å². The Bertz CT molecular complexity index is 575. The van der Waals surface area contributed by atoms with Gasteiger partial charge in [0, 0.05) is 13.1 Å². The first-order chi connectivity index (χ1) is 10.5. The van der Waals surface area contributed by atoms with E-state index in [0.717, 1.165) is 50.9 Å². The van der Waals surface area contributed by atoms with Crippen molar-refractivity contribution in [1.82, 2.24) is 10.2 Å². The second-order valence-corrected chi connectivity index (χ2v) is 6.27. The van der Waals surface area contributed by atoms with Gasteiger partial charge in [-0.1, -0.05) is 0 Å². The first kappa shape index (κ1) is 15.3. The summed E-state index contributed by atoms with van der Waals surface area (Å²) < 4.78 is 40.0. The van der Waals surface area contributed by atoms with Gasteiger partial charge in [0.2, 0.25) is 0 Å². The standard InChI is InChI=1S/C16H19F3N2O/c17-12-2-1-11(13(18)14(12)19)15(22)21-9-5-16(6-10-21)3-7-20-8-4-16/h1-2,20H,3-10H2. The predicted octanol–water partition coefficient (Wildman–Crippen LogP) is 2.71. The van der Waals surface area contributed by atoms with Gasteiger partial charge in [0.15, 0.2) is 17.5 Å². The van der Waals surface area contributed by atoms with Crippen molar-refractivity contribution >= 4 is 5.91 Å². The van der Waals surface area contributed by atoms with Crippen LogP contribution in [0.2, 0.25) is 0 Å². The number of hydrogen-bond acceptors (Lipinski definition) is 2. The van der Waals surface area contributed by atoms with E-state index >= 15 is 0 Å². The summed E-state index contributed by atoms with van der Waals surface area (Å²) in [6.45, 7) is 3.06. The normalized spacial score (nSPS) is 21.1. The van der Waals surface area contributed by atoms with E-state index in [9.17, 15) is 18.0 Å². The minimum atomic E-state index is -1.59. The monoisotopic (exact) mass is 312 g/mol. The molecule has 1 aromatic rings. The molecule has 1 N–H and O–H groups in total. The highest BCUT2D eigenvalue weighted by atomic mass is 19.2. The molecule has 0 radical (unpaired) electrons. The van der Waals surface area contributed by atoms with Gasteiger partial charge in [-0.15, -0.1) is 0 Å². The third-order valence-electron chi connectivity index (χ3n) is 5.04. The second kappa shape index (κ2) is 5.91. The maximum atomic E-state index is 13.7. The minimum absolute atomic E-state index is 0.272. The van der Waals surface area contributed by atoms with Crippen LogP contribution in [-0.2, 0) is 0 Å². The van der Waals surface area contributed by atoms with E-state index < -0.39 is 23.4 Å². The van der Waals surface area contributed by atoms with Crippen LogP contribution < -0.4 is 5.32 Å². The number of amides is 1. The summed E-state index contributed by atoms with van der Waals surface area (Å²) in [5.74, 6) is -4.81. The summed E-state index contributed by atoms with van der Waals surface area (Å²) in [7, 11) is 0. The number of carbonyl (C=O) groups excluding carboxylic acids is 1. The Morgan fingerprint density at radius 2 is 1.64 bits per heavy atom. The molecule has 2 heterocycles. The minimum Gasteiger partial charge on any atom is -0.339 e. The van der Waals surface area contributed by atoms with E-state index in [2.05, 4.69) is 5.32 Å². The van der Waals surface area contributed by atoms with Crippen molar-refractivity contribution in [3.8, 4) is 0 Å². The fourth-order valence-corrected chi connectivity index (χ4v) is 3.50. The average molecular weight is 312 g/mol. The molecule has 0 bridgehead atoms. The van der Waals surface area contributed by atoms with Crippen LogP contribution in [0.4, 0.5) is 13.2 Å². The van der Waals surface area contributed by atoms with Gasteiger partial charge in [-0.05, 0) is 56.3 Å². The van der Waals surface area contributed by atoms with Gasteiger partial charge < -0.3 is 10.2 Å². The average Bonchev–Trinajstić information content (AvgIpc) is 2.54. The van der Waals surface area contributed by atoms with Gasteiger partial charge >= 0.3 is 0 Å². The largest absolute Gasteiger partial charge is 0.339 e. The molecule has 3 nitrogen and oxygen atoms in total. The summed E-state index contributed by atoms with van der Waals surface area (Å²) in [6.07, 6.45) is 3.95. The molecule has 3 rings (SSSR count). The number of piperidine rings is 2. The van der Waals surface area contributed by atoms with Gasteiger partial charge in [-0.2, -0.15) is 0 Å². The van der Waals surface area contributed by atoms with E-state index in [4.69, 9.17) is 0 Å². The quantitative estimate of drug-likeness (QED) is 0.809. The number of carbonyl (C=O) groups is 1. The van der Waals surface area contributed by atoms with E-state index in [-0.39, 0.29) is 11.0 Å². The zero-order chi connectivity index (χ0) is 15.7. The van der Waals surface area contributed by atoms with E-state index in [0.29, 0.717) is 13.1 Å². The molecule has 22 heavy (non-hydrogen) atoms. The predicted molar refractivity (Wildman–Crippen MR) is 76.0 cm³/mol. The molecule has 1 amide bonds. The highest BCUT2D eigenvalue weighted by Crippen LogP contribution is 2.39. The Morgan fingerprint density at radius 1 is 1.00 bits per heavy atom. The molecule has 0 aromatic heterocycles. The maximum Gasteiger partial charge on any atom is 0.256 e. The number of likely N-dealkylation sites (tertiary alicyclic amines) is 1. The number of rotatable bonds is 1. The first-order valence-corrected chi connectivity index (χ1v) is 7.66. The summed E-state index contributed by atoms with van der Waals surface area (Å²) in [5.41, 5.74) is -0.116. The highest BCUT2D eigenvalue weighted by molar-refractivity contribution is 5.94. The summed E-state index contributed by atoms with van der Waals surface area (Å²) in [6, 6.07) is 1.81. The number of halogens is 3. The van der Waals surface area contributed by atoms with Crippen molar-refractivity contribution in [2.24, 2.45) is 5.41 Å². The summed E-state index contributed by atoms with van der Waals surface area (Å²) in [4.78, 5) is 13.9. The highest BCUT2D eigenvalue weighted by Gasteiger charge is 2.37. The molecule has 0 aliphatic carbocycles. The Kier molecular flexibility index (Phi) is 4.12. The topological polar surface area (TPSA) is 32.3 Å². The fourth-order valence-electron chi connectivity index (χ4n) is 3.50. The number of hydrogen-bond donors (Lipinski definition) is 1. The van der Waals surface area contributed by atoms with Crippen LogP contribution in [0.5, 0.6) is 0 Å². The molecule has 0 atom stereocenters. The van der Waals surface area contributed by atoms with E-state index in [1.807, 2.05) is 0 Å². The zero-order valence-electron chi connectivity index (χ0n) is 12.3. The molecule has 1 aromatic carbocycles. The molecular weight excluding hydrogens is 293 g/mol. The molecule has 120 valence electrons. The number of nitrogens with one attached hydrogen (secondary N) is 1. The molecule has 2 aliphatic rings. The van der Waals surface area contributed by atoms with E-state index in [1.165, 1.54) is 0 Å². The SMILES string of the molecule is O=C(c1ccc(F)c(F)c1F)N1CCC2(CCNCC2)CC1. The summed E-state index contributed by atoms with van der Waals surface area (Å²) in [5, 5.41) is 3.33. The van der Waals surface area contributed by atoms with Crippen LogP contribution >= 0.6 is 0 Å². The lowest BCUT2D eigenvalue weighted by Crippen LogP contribution is -2.47. The molecule has 2 saturated heterocycles.